The Morgan fingerprint density at radius 3 is 2.86 bits per heavy atom. The number of fused-ring (bicyclic) bond motifs is 1. The van der Waals surface area contributed by atoms with E-state index in [-0.39, 0.29) is 5.54 Å². The smallest absolute Gasteiger partial charge is 0.172 e. The molecule has 1 aromatic heterocycles. The van der Waals surface area contributed by atoms with Crippen molar-refractivity contribution in [2.24, 2.45) is 4.99 Å². The zero-order valence-electron chi connectivity index (χ0n) is 8.52. The molecule has 1 aromatic rings. The molecule has 1 aliphatic heterocycles. The van der Waals surface area contributed by atoms with Gasteiger partial charge >= 0.3 is 0 Å². The fourth-order valence-electron chi connectivity index (χ4n) is 1.42. The van der Waals surface area contributed by atoms with E-state index >= 15 is 0 Å². The highest BCUT2D eigenvalue weighted by atomic mass is 16.3. The van der Waals surface area contributed by atoms with Crippen molar-refractivity contribution in [3.63, 3.8) is 0 Å². The Morgan fingerprint density at radius 2 is 2.21 bits per heavy atom. The van der Waals surface area contributed by atoms with Crippen molar-refractivity contribution in [2.45, 2.75) is 32.5 Å². The van der Waals surface area contributed by atoms with Crippen LogP contribution in [0.5, 0.6) is 0 Å². The van der Waals surface area contributed by atoms with Gasteiger partial charge in [0.2, 0.25) is 0 Å². The minimum absolute atomic E-state index is 0.0744. The molecule has 0 spiro atoms. The predicted octanol–water partition coefficient (Wildman–Crippen LogP) is 0.892. The number of nitrogens with one attached hydrogen (secondary N) is 1. The van der Waals surface area contributed by atoms with Gasteiger partial charge in [-0.15, -0.1) is 0 Å². The molecule has 1 atom stereocenters. The fourth-order valence-corrected chi connectivity index (χ4v) is 1.42. The first-order valence-corrected chi connectivity index (χ1v) is 4.54. The maximum Gasteiger partial charge on any atom is 0.172 e. The van der Waals surface area contributed by atoms with Crippen molar-refractivity contribution in [2.75, 3.05) is 0 Å². The summed E-state index contributed by atoms with van der Waals surface area (Å²) in [4.78, 5) is 8.32. The lowest BCUT2D eigenvalue weighted by Crippen LogP contribution is -2.25. The lowest BCUT2D eigenvalue weighted by molar-refractivity contribution is 0.158. The number of rotatable bonds is 0. The van der Waals surface area contributed by atoms with E-state index in [4.69, 9.17) is 0 Å². The van der Waals surface area contributed by atoms with E-state index in [1.807, 2.05) is 4.57 Å². The molecule has 1 unspecified atom stereocenters. The van der Waals surface area contributed by atoms with E-state index in [2.05, 4.69) is 36.1 Å². The van der Waals surface area contributed by atoms with E-state index in [1.165, 1.54) is 6.34 Å². The molecule has 5 heteroatoms. The van der Waals surface area contributed by atoms with Crippen molar-refractivity contribution in [1.29, 1.82) is 0 Å². The van der Waals surface area contributed by atoms with Crippen molar-refractivity contribution in [3.05, 3.63) is 12.0 Å². The summed E-state index contributed by atoms with van der Waals surface area (Å²) in [6.45, 7) is 6.21. The second-order valence-corrected chi connectivity index (χ2v) is 4.32. The minimum atomic E-state index is -0.744. The molecular formula is C9H14N4O. The summed E-state index contributed by atoms with van der Waals surface area (Å²) in [6, 6.07) is 0. The molecule has 0 radical (unpaired) electrons. The highest BCUT2D eigenvalue weighted by Crippen LogP contribution is 2.30. The largest absolute Gasteiger partial charge is 0.368 e. The van der Waals surface area contributed by atoms with Crippen LogP contribution in [0.15, 0.2) is 11.3 Å². The van der Waals surface area contributed by atoms with Gasteiger partial charge < -0.3 is 15.0 Å². The third-order valence-corrected chi connectivity index (χ3v) is 2.17. The average molecular weight is 194 g/mol. The number of aliphatic hydroxyl groups excluding tert-OH is 1. The molecule has 0 fully saturated rings. The molecule has 1 aliphatic rings. The van der Waals surface area contributed by atoms with Gasteiger partial charge in [-0.1, -0.05) is 0 Å². The molecule has 0 saturated carbocycles. The van der Waals surface area contributed by atoms with Gasteiger partial charge in [-0.25, -0.2) is 9.98 Å². The molecule has 2 heterocycles. The van der Waals surface area contributed by atoms with Gasteiger partial charge in [0.15, 0.2) is 12.0 Å². The van der Waals surface area contributed by atoms with Gasteiger partial charge in [-0.05, 0) is 20.8 Å². The Hall–Kier alpha value is -1.36. The highest BCUT2D eigenvalue weighted by Gasteiger charge is 2.25. The Kier molecular flexibility index (Phi) is 1.85. The summed E-state index contributed by atoms with van der Waals surface area (Å²) in [5.41, 5.74) is 0.511. The van der Waals surface area contributed by atoms with Crippen LogP contribution < -0.4 is 5.32 Å². The normalized spacial score (nSPS) is 20.4. The van der Waals surface area contributed by atoms with Crippen LogP contribution in [0.2, 0.25) is 0 Å². The molecule has 0 amide bonds. The maximum absolute atomic E-state index is 9.56. The Bertz CT molecular complexity index is 375. The molecule has 2 N–H and O–H groups in total. The lowest BCUT2D eigenvalue weighted by Gasteiger charge is -2.23. The van der Waals surface area contributed by atoms with Crippen LogP contribution in [0.25, 0.3) is 0 Å². The molecule has 5 nitrogen and oxygen atoms in total. The molecule has 0 bridgehead atoms. The zero-order chi connectivity index (χ0) is 10.3. The van der Waals surface area contributed by atoms with Gasteiger partial charge in [-0.3, -0.25) is 0 Å². The number of hydrogen-bond acceptors (Lipinski definition) is 4. The van der Waals surface area contributed by atoms with Gasteiger partial charge in [-0.2, -0.15) is 0 Å². The monoisotopic (exact) mass is 194 g/mol. The number of imidazole rings is 1. The first-order chi connectivity index (χ1) is 6.50. The average Bonchev–Trinajstić information content (AvgIpc) is 2.47. The van der Waals surface area contributed by atoms with Gasteiger partial charge in [0.1, 0.15) is 5.69 Å². The first-order valence-electron chi connectivity index (χ1n) is 4.54. The molecule has 0 aromatic carbocycles. The van der Waals surface area contributed by atoms with Crippen LogP contribution in [-0.2, 0) is 5.54 Å². The maximum atomic E-state index is 9.56. The summed E-state index contributed by atoms with van der Waals surface area (Å²) in [6.07, 6.45) is 2.46. The molecule has 14 heavy (non-hydrogen) atoms. The molecule has 0 saturated heterocycles. The number of hydrogen-bond donors (Lipinski definition) is 2. The summed E-state index contributed by atoms with van der Waals surface area (Å²) in [5, 5.41) is 12.3. The van der Waals surface area contributed by atoms with Crippen LogP contribution in [0.3, 0.4) is 0 Å². The van der Waals surface area contributed by atoms with Crippen molar-refractivity contribution in [3.8, 4) is 0 Å². The molecule has 2 rings (SSSR count). The third-order valence-electron chi connectivity index (χ3n) is 2.17. The van der Waals surface area contributed by atoms with Crippen LogP contribution in [0.4, 0.5) is 5.82 Å². The van der Waals surface area contributed by atoms with Crippen molar-refractivity contribution >= 4 is 12.2 Å². The second-order valence-electron chi connectivity index (χ2n) is 4.32. The lowest BCUT2D eigenvalue weighted by atomic mass is 10.1. The van der Waals surface area contributed by atoms with Crippen molar-refractivity contribution in [1.82, 2.24) is 14.9 Å². The van der Waals surface area contributed by atoms with E-state index in [0.717, 1.165) is 5.82 Å². The van der Waals surface area contributed by atoms with E-state index < -0.39 is 6.23 Å². The Morgan fingerprint density at radius 1 is 1.50 bits per heavy atom. The number of aliphatic imine (C=N–C) groups is 1. The highest BCUT2D eigenvalue weighted by molar-refractivity contribution is 5.64. The van der Waals surface area contributed by atoms with Gasteiger partial charge in [0.25, 0.3) is 0 Å². The zero-order valence-corrected chi connectivity index (χ0v) is 8.52. The van der Waals surface area contributed by atoms with E-state index in [1.54, 1.807) is 6.33 Å². The summed E-state index contributed by atoms with van der Waals surface area (Å²) in [5.74, 6) is 0.726. The SMILES string of the molecule is CC(C)(C)n1cnc2c1N=CNC2O. The predicted molar refractivity (Wildman–Crippen MR) is 53.5 cm³/mol. The fraction of sp³-hybridized carbons (Fsp3) is 0.556. The summed E-state index contributed by atoms with van der Waals surface area (Å²) >= 11 is 0. The van der Waals surface area contributed by atoms with Crippen molar-refractivity contribution < 1.29 is 5.11 Å². The number of aromatic nitrogens is 2. The molecule has 76 valence electrons. The van der Waals surface area contributed by atoms with Crippen LogP contribution in [-0.4, -0.2) is 21.0 Å². The summed E-state index contributed by atoms with van der Waals surface area (Å²) in [7, 11) is 0. The quantitative estimate of drug-likeness (QED) is 0.644. The van der Waals surface area contributed by atoms with Gasteiger partial charge in [0.05, 0.1) is 12.7 Å². The second kappa shape index (κ2) is 2.81. The van der Waals surface area contributed by atoms with Crippen LogP contribution in [0.1, 0.15) is 32.7 Å². The first kappa shape index (κ1) is 9.21. The number of nitrogens with zero attached hydrogens (tertiary/aromatic N) is 3. The van der Waals surface area contributed by atoms with Gasteiger partial charge in [0, 0.05) is 5.54 Å². The molecular weight excluding hydrogens is 180 g/mol. The van der Waals surface area contributed by atoms with E-state index in [9.17, 15) is 5.11 Å². The Balaban J connectivity index is 2.53. The van der Waals surface area contributed by atoms with Crippen LogP contribution >= 0.6 is 0 Å². The standard InChI is InChI=1S/C9H14N4O/c1-9(2,3)13-5-12-6-7(13)10-4-11-8(6)14/h4-5,8,14H,1-3H3,(H,10,11). The van der Waals surface area contributed by atoms with Crippen LogP contribution in [0, 0.1) is 0 Å². The minimum Gasteiger partial charge on any atom is -0.368 e. The molecule has 0 aliphatic carbocycles. The summed E-state index contributed by atoms with van der Waals surface area (Å²) < 4.78 is 1.95. The van der Waals surface area contributed by atoms with E-state index in [0.29, 0.717) is 5.69 Å². The third kappa shape index (κ3) is 1.29. The number of aliphatic hydroxyl groups is 1. The topological polar surface area (TPSA) is 62.4 Å². The Labute approximate surface area is 82.5 Å².